The van der Waals surface area contributed by atoms with E-state index in [-0.39, 0.29) is 26.1 Å². The maximum atomic E-state index is 12.8. The van der Waals surface area contributed by atoms with Gasteiger partial charge in [-0.05, 0) is 38.5 Å². The van der Waals surface area contributed by atoms with Crippen molar-refractivity contribution in [2.45, 2.75) is 191 Å². The Morgan fingerprint density at radius 3 is 1.75 bits per heavy atom. The van der Waals surface area contributed by atoms with E-state index in [1.165, 1.54) is 12.8 Å². The SMILES string of the molecule is CCCC/C=C\C/C=C\CCCCCCCC(=O)OC(COC(=O)CCCCCCC)COC1OC(COC2OC(CO)C(O)C(O)C2O)C(O)C(O)C1O. The Hall–Kier alpha value is -2.02. The Morgan fingerprint density at radius 1 is 0.582 bits per heavy atom. The molecule has 0 saturated carbocycles. The molecule has 0 aromatic carbocycles. The molecule has 0 aromatic rings. The lowest BCUT2D eigenvalue weighted by Gasteiger charge is -2.42. The molecule has 2 rings (SSSR count). The summed E-state index contributed by atoms with van der Waals surface area (Å²) in [5.41, 5.74) is 0. The maximum absolute atomic E-state index is 12.8. The zero-order valence-corrected chi connectivity index (χ0v) is 32.9. The average molecular weight is 791 g/mol. The summed E-state index contributed by atoms with van der Waals surface area (Å²) in [7, 11) is 0. The number of carbonyl (C=O) groups is 2. The van der Waals surface area contributed by atoms with Gasteiger partial charge in [-0.25, -0.2) is 0 Å². The largest absolute Gasteiger partial charge is 0.462 e. The summed E-state index contributed by atoms with van der Waals surface area (Å²) < 4.78 is 33.2. The van der Waals surface area contributed by atoms with Crippen LogP contribution < -0.4 is 0 Å². The molecule has 2 aliphatic heterocycles. The molecule has 0 aliphatic carbocycles. The molecule has 11 atom stereocenters. The Balaban J connectivity index is 1.87. The van der Waals surface area contributed by atoms with Crippen LogP contribution in [0.25, 0.3) is 0 Å². The number of rotatable bonds is 29. The lowest BCUT2D eigenvalue weighted by molar-refractivity contribution is -0.332. The van der Waals surface area contributed by atoms with Crippen LogP contribution in [0.3, 0.4) is 0 Å². The minimum atomic E-state index is -1.76. The van der Waals surface area contributed by atoms with Gasteiger partial charge in [-0.15, -0.1) is 0 Å². The van der Waals surface area contributed by atoms with Crippen molar-refractivity contribution in [3.05, 3.63) is 24.3 Å². The Labute approximate surface area is 326 Å². The summed E-state index contributed by atoms with van der Waals surface area (Å²) >= 11 is 0. The highest BCUT2D eigenvalue weighted by Gasteiger charge is 2.47. The number of ether oxygens (including phenoxy) is 6. The summed E-state index contributed by atoms with van der Waals surface area (Å²) in [6.45, 7) is 2.39. The fraction of sp³-hybridized carbons (Fsp3) is 0.850. The van der Waals surface area contributed by atoms with Gasteiger partial charge < -0.3 is 64.2 Å². The molecular formula is C40H70O15. The number of esters is 2. The summed E-state index contributed by atoms with van der Waals surface area (Å²) in [6.07, 6.45) is 7.15. The number of aliphatic hydroxyl groups is 7. The van der Waals surface area contributed by atoms with E-state index in [0.29, 0.717) is 12.8 Å². The molecule has 7 N–H and O–H groups in total. The molecule has 2 saturated heterocycles. The summed E-state index contributed by atoms with van der Waals surface area (Å²) in [5, 5.41) is 71.5. The van der Waals surface area contributed by atoms with E-state index in [4.69, 9.17) is 28.4 Å². The van der Waals surface area contributed by atoms with Crippen molar-refractivity contribution in [1.29, 1.82) is 0 Å². The fourth-order valence-electron chi connectivity index (χ4n) is 6.17. The van der Waals surface area contributed by atoms with Crippen LogP contribution in [0, 0.1) is 0 Å². The first kappa shape index (κ1) is 49.1. The van der Waals surface area contributed by atoms with Gasteiger partial charge >= 0.3 is 11.9 Å². The van der Waals surface area contributed by atoms with E-state index in [1.807, 2.05) is 0 Å². The zero-order valence-electron chi connectivity index (χ0n) is 32.9. The number of aliphatic hydroxyl groups excluding tert-OH is 7. The predicted molar refractivity (Wildman–Crippen MR) is 201 cm³/mol. The molecule has 11 unspecified atom stereocenters. The van der Waals surface area contributed by atoms with E-state index in [2.05, 4.69) is 38.2 Å². The van der Waals surface area contributed by atoms with Gasteiger partial charge in [0.2, 0.25) is 0 Å². The highest BCUT2D eigenvalue weighted by Crippen LogP contribution is 2.26. The molecule has 2 fully saturated rings. The number of hydrogen-bond acceptors (Lipinski definition) is 15. The molecule has 0 radical (unpaired) electrons. The molecule has 320 valence electrons. The number of allylic oxidation sites excluding steroid dienone is 4. The molecule has 0 spiro atoms. The minimum Gasteiger partial charge on any atom is -0.462 e. The highest BCUT2D eigenvalue weighted by molar-refractivity contribution is 5.70. The van der Waals surface area contributed by atoms with Crippen LogP contribution in [0.15, 0.2) is 24.3 Å². The van der Waals surface area contributed by atoms with E-state index >= 15 is 0 Å². The van der Waals surface area contributed by atoms with Gasteiger partial charge in [-0.3, -0.25) is 9.59 Å². The van der Waals surface area contributed by atoms with Crippen LogP contribution in [0.1, 0.15) is 123 Å². The van der Waals surface area contributed by atoms with Crippen molar-refractivity contribution < 1.29 is 73.8 Å². The lowest BCUT2D eigenvalue weighted by Crippen LogP contribution is -2.61. The van der Waals surface area contributed by atoms with E-state index in [0.717, 1.165) is 70.6 Å². The fourth-order valence-corrected chi connectivity index (χ4v) is 6.17. The predicted octanol–water partition coefficient (Wildman–Crippen LogP) is 2.87. The van der Waals surface area contributed by atoms with Gasteiger partial charge in [-0.1, -0.05) is 95.9 Å². The second-order valence-electron chi connectivity index (χ2n) is 14.5. The Morgan fingerprint density at radius 2 is 1.11 bits per heavy atom. The van der Waals surface area contributed by atoms with Gasteiger partial charge in [0.05, 0.1) is 19.8 Å². The van der Waals surface area contributed by atoms with Crippen molar-refractivity contribution in [3.63, 3.8) is 0 Å². The van der Waals surface area contributed by atoms with Crippen LogP contribution in [0.4, 0.5) is 0 Å². The number of carbonyl (C=O) groups excluding carboxylic acids is 2. The normalized spacial score (nSPS) is 29.2. The van der Waals surface area contributed by atoms with E-state index in [1.54, 1.807) is 0 Å². The van der Waals surface area contributed by atoms with Gasteiger partial charge in [0, 0.05) is 12.8 Å². The second kappa shape index (κ2) is 29.2. The quantitative estimate of drug-likeness (QED) is 0.0328. The van der Waals surface area contributed by atoms with Crippen molar-refractivity contribution in [3.8, 4) is 0 Å². The van der Waals surface area contributed by atoms with Crippen LogP contribution in [-0.2, 0) is 38.0 Å². The first-order chi connectivity index (χ1) is 26.5. The Bertz CT molecular complexity index is 1070. The van der Waals surface area contributed by atoms with E-state index in [9.17, 15) is 45.3 Å². The third-order valence-corrected chi connectivity index (χ3v) is 9.68. The third kappa shape index (κ3) is 19.3. The zero-order chi connectivity index (χ0) is 40.4. The average Bonchev–Trinajstić information content (AvgIpc) is 3.17. The molecule has 55 heavy (non-hydrogen) atoms. The smallest absolute Gasteiger partial charge is 0.306 e. The Kier molecular flexibility index (Phi) is 26.1. The molecular weight excluding hydrogens is 720 g/mol. The topological polar surface area (TPSA) is 231 Å². The second-order valence-corrected chi connectivity index (χ2v) is 14.5. The van der Waals surface area contributed by atoms with Gasteiger partial charge in [-0.2, -0.15) is 0 Å². The van der Waals surface area contributed by atoms with Gasteiger partial charge in [0.25, 0.3) is 0 Å². The van der Waals surface area contributed by atoms with Crippen LogP contribution in [0.5, 0.6) is 0 Å². The number of hydrogen-bond donors (Lipinski definition) is 7. The molecule has 2 heterocycles. The van der Waals surface area contributed by atoms with Gasteiger partial charge in [0.1, 0.15) is 55.4 Å². The van der Waals surface area contributed by atoms with Crippen LogP contribution in [0.2, 0.25) is 0 Å². The highest BCUT2D eigenvalue weighted by atomic mass is 16.7. The lowest BCUT2D eigenvalue weighted by atomic mass is 9.98. The van der Waals surface area contributed by atoms with E-state index < -0.39 is 92.7 Å². The van der Waals surface area contributed by atoms with Crippen molar-refractivity contribution >= 4 is 11.9 Å². The summed E-state index contributed by atoms with van der Waals surface area (Å²) in [5.74, 6) is -0.959. The molecule has 0 aromatic heterocycles. The van der Waals surface area contributed by atoms with Crippen LogP contribution in [-0.4, -0.2) is 142 Å². The first-order valence-electron chi connectivity index (χ1n) is 20.4. The maximum Gasteiger partial charge on any atom is 0.306 e. The third-order valence-electron chi connectivity index (χ3n) is 9.68. The molecule has 15 heteroatoms. The van der Waals surface area contributed by atoms with Crippen molar-refractivity contribution in [2.75, 3.05) is 26.4 Å². The van der Waals surface area contributed by atoms with Crippen molar-refractivity contribution in [2.24, 2.45) is 0 Å². The summed E-state index contributed by atoms with van der Waals surface area (Å²) in [6, 6.07) is 0. The van der Waals surface area contributed by atoms with Crippen LogP contribution >= 0.6 is 0 Å². The molecule has 0 bridgehead atoms. The minimum absolute atomic E-state index is 0.150. The van der Waals surface area contributed by atoms with Crippen molar-refractivity contribution in [1.82, 2.24) is 0 Å². The molecule has 0 amide bonds. The molecule has 15 nitrogen and oxygen atoms in total. The van der Waals surface area contributed by atoms with Gasteiger partial charge in [0.15, 0.2) is 18.7 Å². The monoisotopic (exact) mass is 790 g/mol. The summed E-state index contributed by atoms with van der Waals surface area (Å²) in [4.78, 5) is 25.3. The first-order valence-corrected chi connectivity index (χ1v) is 20.4. The molecule has 2 aliphatic rings. The standard InChI is InChI=1S/C40H70O15/c1-3-5-7-9-10-11-12-13-14-15-16-17-19-21-23-32(43)53-28(25-50-31(42)22-20-18-8-6-4-2)26-51-39-38(49)36(47)34(45)30(55-39)27-52-40-37(48)35(46)33(44)29(24-41)54-40/h9-10,12-13,28-30,33-41,44-49H,3-8,11,14-27H2,1-2H3/b10-9-,13-12-. The number of unbranched alkanes of at least 4 members (excludes halogenated alkanes) is 11.